The monoisotopic (exact) mass is 410 g/mol. The quantitative estimate of drug-likeness (QED) is 0.131. The minimum Gasteiger partial charge on any atom is -0.465 e. The third-order valence-electron chi connectivity index (χ3n) is 6.39. The van der Waals surface area contributed by atoms with Crippen molar-refractivity contribution in [3.05, 3.63) is 0 Å². The molecule has 0 rings (SSSR count). The summed E-state index contributed by atoms with van der Waals surface area (Å²) in [6.07, 6.45) is 24.9. The minimum atomic E-state index is -0.266. The first-order valence-electron chi connectivity index (χ1n) is 13.3. The first-order valence-corrected chi connectivity index (χ1v) is 13.3. The van der Waals surface area contributed by atoms with Gasteiger partial charge in [-0.2, -0.15) is 0 Å². The molecule has 0 aromatic rings. The van der Waals surface area contributed by atoms with E-state index in [-0.39, 0.29) is 11.4 Å². The highest BCUT2D eigenvalue weighted by atomic mass is 16.5. The maximum Gasteiger partial charge on any atom is 0.311 e. The summed E-state index contributed by atoms with van der Waals surface area (Å²) >= 11 is 0. The highest BCUT2D eigenvalue weighted by molar-refractivity contribution is 5.76. The van der Waals surface area contributed by atoms with E-state index < -0.39 is 0 Å². The van der Waals surface area contributed by atoms with Crippen molar-refractivity contribution in [3.63, 3.8) is 0 Å². The third kappa shape index (κ3) is 16.9. The van der Waals surface area contributed by atoms with Crippen LogP contribution >= 0.6 is 0 Å². The van der Waals surface area contributed by atoms with Gasteiger partial charge in [0.2, 0.25) is 0 Å². The summed E-state index contributed by atoms with van der Waals surface area (Å²) in [7, 11) is 0. The van der Waals surface area contributed by atoms with Crippen LogP contribution in [0.3, 0.4) is 0 Å². The molecular formula is C27H54O2. The van der Waals surface area contributed by atoms with Gasteiger partial charge in [-0.25, -0.2) is 0 Å². The summed E-state index contributed by atoms with van der Waals surface area (Å²) in [4.78, 5) is 12.9. The molecule has 0 amide bonds. The molecule has 29 heavy (non-hydrogen) atoms. The molecule has 0 N–H and O–H groups in total. The largest absolute Gasteiger partial charge is 0.465 e. The standard InChI is InChI=1S/C27H54O2/c1-5-8-11-14-16-17-18-21-24-27(4,23-20-13-10-7-3)26(28)29-25-22-19-15-12-9-6-2/h5-25H2,1-4H3. The Bertz CT molecular complexity index is 352. The fraction of sp³-hybridized carbons (Fsp3) is 0.963. The van der Waals surface area contributed by atoms with Crippen molar-refractivity contribution in [1.29, 1.82) is 0 Å². The van der Waals surface area contributed by atoms with Gasteiger partial charge in [-0.15, -0.1) is 0 Å². The molecule has 0 bridgehead atoms. The van der Waals surface area contributed by atoms with Crippen molar-refractivity contribution in [2.24, 2.45) is 5.41 Å². The van der Waals surface area contributed by atoms with Gasteiger partial charge >= 0.3 is 5.97 Å². The van der Waals surface area contributed by atoms with Gasteiger partial charge in [0.05, 0.1) is 12.0 Å². The third-order valence-corrected chi connectivity index (χ3v) is 6.39. The molecule has 1 atom stereocenters. The normalized spacial score (nSPS) is 13.4. The molecular weight excluding hydrogens is 356 g/mol. The minimum absolute atomic E-state index is 0.0745. The van der Waals surface area contributed by atoms with E-state index in [2.05, 4.69) is 27.7 Å². The predicted octanol–water partition coefficient (Wildman–Crippen LogP) is 9.40. The maximum atomic E-state index is 12.9. The molecule has 0 spiro atoms. The fourth-order valence-corrected chi connectivity index (χ4v) is 4.14. The summed E-state index contributed by atoms with van der Waals surface area (Å²) in [5, 5.41) is 0. The van der Waals surface area contributed by atoms with Crippen molar-refractivity contribution >= 4 is 5.97 Å². The Morgan fingerprint density at radius 2 is 0.897 bits per heavy atom. The van der Waals surface area contributed by atoms with E-state index in [0.717, 1.165) is 25.7 Å². The lowest BCUT2D eigenvalue weighted by Gasteiger charge is -2.27. The Hall–Kier alpha value is -0.530. The number of carbonyl (C=O) groups excluding carboxylic acids is 1. The second-order valence-corrected chi connectivity index (χ2v) is 9.50. The molecule has 0 aliphatic heterocycles. The van der Waals surface area contributed by atoms with Gasteiger partial charge in [-0.3, -0.25) is 4.79 Å². The summed E-state index contributed by atoms with van der Waals surface area (Å²) in [6, 6.07) is 0. The molecule has 1 unspecified atom stereocenters. The lowest BCUT2D eigenvalue weighted by Crippen LogP contribution is -2.30. The highest BCUT2D eigenvalue weighted by Crippen LogP contribution is 2.33. The van der Waals surface area contributed by atoms with Gasteiger partial charge in [0, 0.05) is 0 Å². The Morgan fingerprint density at radius 3 is 1.34 bits per heavy atom. The van der Waals surface area contributed by atoms with Crippen molar-refractivity contribution < 1.29 is 9.53 Å². The summed E-state index contributed by atoms with van der Waals surface area (Å²) in [5.74, 6) is 0.0745. The van der Waals surface area contributed by atoms with Gasteiger partial charge in [0.15, 0.2) is 0 Å². The van der Waals surface area contributed by atoms with Crippen LogP contribution in [0.5, 0.6) is 0 Å². The number of carbonyl (C=O) groups is 1. The molecule has 0 aliphatic carbocycles. The lowest BCUT2D eigenvalue weighted by atomic mass is 9.79. The van der Waals surface area contributed by atoms with E-state index in [1.807, 2.05) is 0 Å². The Labute approximate surface area is 184 Å². The van der Waals surface area contributed by atoms with E-state index >= 15 is 0 Å². The molecule has 0 fully saturated rings. The van der Waals surface area contributed by atoms with Gasteiger partial charge < -0.3 is 4.74 Å². The molecule has 0 aromatic carbocycles. The molecule has 2 heteroatoms. The Balaban J connectivity index is 4.18. The number of rotatable bonds is 22. The van der Waals surface area contributed by atoms with Crippen molar-refractivity contribution in [3.8, 4) is 0 Å². The molecule has 0 aromatic heterocycles. The predicted molar refractivity (Wildman–Crippen MR) is 128 cm³/mol. The smallest absolute Gasteiger partial charge is 0.311 e. The summed E-state index contributed by atoms with van der Waals surface area (Å²) in [5.41, 5.74) is -0.266. The van der Waals surface area contributed by atoms with Crippen molar-refractivity contribution in [1.82, 2.24) is 0 Å². The van der Waals surface area contributed by atoms with E-state index in [0.29, 0.717) is 6.61 Å². The number of hydrogen-bond donors (Lipinski definition) is 0. The topological polar surface area (TPSA) is 26.3 Å². The van der Waals surface area contributed by atoms with Crippen LogP contribution < -0.4 is 0 Å². The van der Waals surface area contributed by atoms with Crippen LogP contribution in [0.1, 0.15) is 156 Å². The number of esters is 1. The van der Waals surface area contributed by atoms with E-state index in [9.17, 15) is 4.79 Å². The van der Waals surface area contributed by atoms with Crippen LogP contribution in [0.4, 0.5) is 0 Å². The Kier molecular flexibility index (Phi) is 20.4. The zero-order chi connectivity index (χ0) is 21.6. The molecule has 2 nitrogen and oxygen atoms in total. The van der Waals surface area contributed by atoms with Crippen LogP contribution in [0, 0.1) is 5.41 Å². The fourth-order valence-electron chi connectivity index (χ4n) is 4.14. The molecule has 174 valence electrons. The molecule has 0 heterocycles. The first-order chi connectivity index (χ1) is 14.1. The van der Waals surface area contributed by atoms with E-state index in [1.165, 1.54) is 103 Å². The SMILES string of the molecule is CCCCCCCCCCC(C)(CCCCCC)C(=O)OCCCCCCCC. The van der Waals surface area contributed by atoms with Gasteiger partial charge in [-0.1, -0.05) is 130 Å². The van der Waals surface area contributed by atoms with E-state index in [4.69, 9.17) is 4.74 Å². The second kappa shape index (κ2) is 20.7. The van der Waals surface area contributed by atoms with Crippen LogP contribution in [0.25, 0.3) is 0 Å². The summed E-state index contributed by atoms with van der Waals surface area (Å²) in [6.45, 7) is 9.55. The van der Waals surface area contributed by atoms with Crippen LogP contribution in [-0.4, -0.2) is 12.6 Å². The number of hydrogen-bond acceptors (Lipinski definition) is 2. The van der Waals surface area contributed by atoms with Gasteiger partial charge in [0.25, 0.3) is 0 Å². The van der Waals surface area contributed by atoms with Crippen molar-refractivity contribution in [2.45, 2.75) is 156 Å². The lowest BCUT2D eigenvalue weighted by molar-refractivity contribution is -0.156. The zero-order valence-electron chi connectivity index (χ0n) is 20.7. The molecule has 0 radical (unpaired) electrons. The number of ether oxygens (including phenoxy) is 1. The molecule has 0 saturated carbocycles. The highest BCUT2D eigenvalue weighted by Gasteiger charge is 2.33. The average Bonchev–Trinajstić information content (AvgIpc) is 2.72. The molecule has 0 aliphatic rings. The van der Waals surface area contributed by atoms with Crippen LogP contribution in [-0.2, 0) is 9.53 Å². The van der Waals surface area contributed by atoms with Gasteiger partial charge in [0.1, 0.15) is 0 Å². The maximum absolute atomic E-state index is 12.9. The average molecular weight is 411 g/mol. The Morgan fingerprint density at radius 1 is 0.552 bits per heavy atom. The summed E-state index contributed by atoms with van der Waals surface area (Å²) < 4.78 is 5.75. The second-order valence-electron chi connectivity index (χ2n) is 9.50. The van der Waals surface area contributed by atoms with E-state index in [1.54, 1.807) is 0 Å². The first kappa shape index (κ1) is 28.5. The molecule has 0 saturated heterocycles. The van der Waals surface area contributed by atoms with Crippen LogP contribution in [0.15, 0.2) is 0 Å². The zero-order valence-corrected chi connectivity index (χ0v) is 20.7. The number of unbranched alkanes of at least 4 members (excludes halogenated alkanes) is 15. The van der Waals surface area contributed by atoms with Gasteiger partial charge in [-0.05, 0) is 26.2 Å². The van der Waals surface area contributed by atoms with Crippen molar-refractivity contribution in [2.75, 3.05) is 6.61 Å². The van der Waals surface area contributed by atoms with Crippen LogP contribution in [0.2, 0.25) is 0 Å².